The van der Waals surface area contributed by atoms with Gasteiger partial charge in [-0.15, -0.1) is 0 Å². The molecular formula is C34H40FN7O5. The second kappa shape index (κ2) is 14.1. The van der Waals surface area contributed by atoms with Gasteiger partial charge in [-0.3, -0.25) is 19.4 Å². The van der Waals surface area contributed by atoms with Gasteiger partial charge in [-0.2, -0.15) is 0 Å². The summed E-state index contributed by atoms with van der Waals surface area (Å²) in [4.78, 5) is 51.5. The summed E-state index contributed by atoms with van der Waals surface area (Å²) in [7, 11) is 6.74. The molecule has 1 aliphatic heterocycles. The minimum atomic E-state index is -0.830. The lowest BCUT2D eigenvalue weighted by molar-refractivity contribution is -0.135. The summed E-state index contributed by atoms with van der Waals surface area (Å²) >= 11 is 0. The Labute approximate surface area is 272 Å². The molecule has 248 valence electrons. The fourth-order valence-electron chi connectivity index (χ4n) is 5.60. The number of fused-ring (bicyclic) bond motifs is 1. The molecule has 1 aromatic heterocycles. The molecule has 12 nitrogen and oxygen atoms in total. The van der Waals surface area contributed by atoms with E-state index < -0.39 is 17.9 Å². The van der Waals surface area contributed by atoms with Crippen LogP contribution in [0.1, 0.15) is 25.7 Å². The van der Waals surface area contributed by atoms with Crippen LogP contribution in [0.2, 0.25) is 0 Å². The molecule has 0 aliphatic carbocycles. The van der Waals surface area contributed by atoms with Crippen LogP contribution < -0.4 is 30.3 Å². The SMILES string of the molecule is COc1ccc(N(C(=O)Nc2ccc(F)cc2)C(C)c2nc3ccccc3c(=O)n2N2CCN(C(=O)C(C)N(C)C)CC2)c(OC)c1. The molecule has 47 heavy (non-hydrogen) atoms. The van der Waals surface area contributed by atoms with Crippen molar-refractivity contribution in [3.05, 3.63) is 88.7 Å². The average Bonchev–Trinajstić information content (AvgIpc) is 3.08. The van der Waals surface area contributed by atoms with Gasteiger partial charge in [0.15, 0.2) is 5.82 Å². The Morgan fingerprint density at radius 3 is 2.26 bits per heavy atom. The van der Waals surface area contributed by atoms with Crippen molar-refractivity contribution in [2.45, 2.75) is 25.9 Å². The number of carbonyl (C=O) groups is 2. The highest BCUT2D eigenvalue weighted by atomic mass is 19.1. The first-order chi connectivity index (χ1) is 22.5. The second-order valence-electron chi connectivity index (χ2n) is 11.5. The number of nitrogens with one attached hydrogen (secondary N) is 1. The zero-order chi connectivity index (χ0) is 33.8. The molecule has 3 amide bonds. The van der Waals surface area contributed by atoms with E-state index in [4.69, 9.17) is 14.5 Å². The maximum Gasteiger partial charge on any atom is 0.327 e. The zero-order valence-electron chi connectivity index (χ0n) is 27.4. The normalized spacial score (nSPS) is 14.6. The van der Waals surface area contributed by atoms with Gasteiger partial charge in [0.05, 0.1) is 56.0 Å². The number of nitrogens with zero attached hydrogens (tertiary/aromatic N) is 6. The monoisotopic (exact) mass is 645 g/mol. The van der Waals surface area contributed by atoms with Crippen molar-refractivity contribution in [2.75, 3.05) is 69.7 Å². The van der Waals surface area contributed by atoms with Crippen molar-refractivity contribution in [2.24, 2.45) is 0 Å². The van der Waals surface area contributed by atoms with Crippen LogP contribution in [0.3, 0.4) is 0 Å². The number of amides is 3. The van der Waals surface area contributed by atoms with E-state index >= 15 is 0 Å². The van der Waals surface area contributed by atoms with Gasteiger partial charge in [0.1, 0.15) is 17.3 Å². The highest BCUT2D eigenvalue weighted by Crippen LogP contribution is 2.37. The molecule has 0 radical (unpaired) electrons. The zero-order valence-corrected chi connectivity index (χ0v) is 27.4. The Kier molecular flexibility index (Phi) is 9.95. The van der Waals surface area contributed by atoms with Crippen LogP contribution in [-0.4, -0.2) is 91.9 Å². The molecule has 5 rings (SSSR count). The molecule has 2 unspecified atom stereocenters. The van der Waals surface area contributed by atoms with Gasteiger partial charge in [-0.05, 0) is 76.5 Å². The number of hydrogen-bond donors (Lipinski definition) is 1. The summed E-state index contributed by atoms with van der Waals surface area (Å²) in [6.07, 6.45) is 0. The second-order valence-corrected chi connectivity index (χ2v) is 11.5. The lowest BCUT2D eigenvalue weighted by Gasteiger charge is -2.40. The lowest BCUT2D eigenvalue weighted by Crippen LogP contribution is -2.58. The van der Waals surface area contributed by atoms with Crippen LogP contribution in [0.15, 0.2) is 71.5 Å². The smallest absolute Gasteiger partial charge is 0.327 e. The fourth-order valence-corrected chi connectivity index (χ4v) is 5.60. The standard InChI is InChI=1S/C34H40FN7O5/c1-22(41(29-16-15-26(46-5)21-30(29)47-6)34(45)36-25-13-11-24(35)12-14-25)31-37-28-10-8-7-9-27(28)33(44)42(31)40-19-17-39(18-20-40)32(43)23(2)38(3)4/h7-16,21-23H,17-20H2,1-6H3,(H,36,45). The van der Waals surface area contributed by atoms with E-state index in [1.165, 1.54) is 48.1 Å². The van der Waals surface area contributed by atoms with Gasteiger partial charge in [-0.25, -0.2) is 18.8 Å². The van der Waals surface area contributed by atoms with E-state index in [0.717, 1.165) is 0 Å². The Balaban J connectivity index is 1.60. The van der Waals surface area contributed by atoms with Crippen molar-refractivity contribution >= 4 is 34.2 Å². The minimum absolute atomic E-state index is 0.0162. The van der Waals surface area contributed by atoms with Crippen LogP contribution in [0, 0.1) is 5.82 Å². The summed E-state index contributed by atoms with van der Waals surface area (Å²) in [5.74, 6) is 0.758. The number of rotatable bonds is 9. The quantitative estimate of drug-likeness (QED) is 0.290. The Hall–Kier alpha value is -5.17. The third kappa shape index (κ3) is 6.85. The molecule has 1 N–H and O–H groups in total. The number of hydrogen-bond acceptors (Lipinski definition) is 8. The number of anilines is 2. The highest BCUT2D eigenvalue weighted by molar-refractivity contribution is 6.03. The van der Waals surface area contributed by atoms with Crippen LogP contribution >= 0.6 is 0 Å². The number of ether oxygens (including phenoxy) is 2. The van der Waals surface area contributed by atoms with Gasteiger partial charge in [0, 0.05) is 24.8 Å². The molecule has 0 bridgehead atoms. The number of piperazine rings is 1. The topological polar surface area (TPSA) is 112 Å². The van der Waals surface area contributed by atoms with E-state index in [2.05, 4.69) is 5.32 Å². The van der Waals surface area contributed by atoms with Crippen molar-refractivity contribution in [3.63, 3.8) is 0 Å². The summed E-state index contributed by atoms with van der Waals surface area (Å²) in [6.45, 7) is 5.21. The maximum absolute atomic E-state index is 14.2. The Morgan fingerprint density at radius 1 is 0.936 bits per heavy atom. The Morgan fingerprint density at radius 2 is 1.62 bits per heavy atom. The van der Waals surface area contributed by atoms with Crippen LogP contribution in [-0.2, 0) is 4.79 Å². The summed E-state index contributed by atoms with van der Waals surface area (Å²) in [5.41, 5.74) is 0.949. The van der Waals surface area contributed by atoms with E-state index in [9.17, 15) is 18.8 Å². The number of urea groups is 1. The number of likely N-dealkylation sites (N-methyl/N-ethyl adjacent to an activating group) is 1. The van der Waals surface area contributed by atoms with E-state index in [0.29, 0.717) is 65.8 Å². The summed E-state index contributed by atoms with van der Waals surface area (Å²) in [5, 5.41) is 5.14. The van der Waals surface area contributed by atoms with Crippen LogP contribution in [0.5, 0.6) is 11.5 Å². The summed E-state index contributed by atoms with van der Waals surface area (Å²) < 4.78 is 26.3. The van der Waals surface area contributed by atoms with Crippen LogP contribution in [0.25, 0.3) is 10.9 Å². The molecule has 1 aliphatic rings. The molecule has 13 heteroatoms. The average molecular weight is 646 g/mol. The third-order valence-corrected chi connectivity index (χ3v) is 8.48. The van der Waals surface area contributed by atoms with Gasteiger partial charge in [0.25, 0.3) is 5.56 Å². The van der Waals surface area contributed by atoms with Crippen molar-refractivity contribution < 1.29 is 23.5 Å². The highest BCUT2D eigenvalue weighted by Gasteiger charge is 2.33. The van der Waals surface area contributed by atoms with E-state index in [-0.39, 0.29) is 17.5 Å². The van der Waals surface area contributed by atoms with Crippen molar-refractivity contribution in [1.29, 1.82) is 0 Å². The largest absolute Gasteiger partial charge is 0.497 e. The lowest BCUT2D eigenvalue weighted by atomic mass is 10.1. The Bertz CT molecular complexity index is 1810. The van der Waals surface area contributed by atoms with E-state index in [1.807, 2.05) is 30.9 Å². The predicted octanol–water partition coefficient (Wildman–Crippen LogP) is 4.08. The first-order valence-corrected chi connectivity index (χ1v) is 15.3. The summed E-state index contributed by atoms with van der Waals surface area (Å²) in [6, 6.07) is 15.9. The van der Waals surface area contributed by atoms with Crippen molar-refractivity contribution in [3.8, 4) is 11.5 Å². The van der Waals surface area contributed by atoms with Gasteiger partial charge in [0.2, 0.25) is 5.91 Å². The third-order valence-electron chi connectivity index (χ3n) is 8.48. The van der Waals surface area contributed by atoms with Crippen LogP contribution in [0.4, 0.5) is 20.6 Å². The molecule has 2 heterocycles. The number of methoxy groups -OCH3 is 2. The predicted molar refractivity (Wildman–Crippen MR) is 180 cm³/mol. The number of halogens is 1. The maximum atomic E-state index is 14.2. The van der Waals surface area contributed by atoms with Crippen molar-refractivity contribution in [1.82, 2.24) is 19.5 Å². The van der Waals surface area contributed by atoms with E-state index in [1.54, 1.807) is 54.3 Å². The number of benzene rings is 3. The van der Waals surface area contributed by atoms with Gasteiger partial charge < -0.3 is 24.7 Å². The first-order valence-electron chi connectivity index (χ1n) is 15.3. The molecule has 0 spiro atoms. The minimum Gasteiger partial charge on any atom is -0.497 e. The molecule has 2 atom stereocenters. The molecule has 4 aromatic rings. The number of carbonyl (C=O) groups excluding carboxylic acids is 2. The first kappa shape index (κ1) is 33.2. The van der Waals surface area contributed by atoms with Gasteiger partial charge >= 0.3 is 6.03 Å². The molecule has 3 aromatic carbocycles. The molecular weight excluding hydrogens is 605 g/mol. The number of para-hydroxylation sites is 1. The molecule has 1 fully saturated rings. The fraction of sp³-hybridized carbons (Fsp3) is 0.353. The van der Waals surface area contributed by atoms with Gasteiger partial charge in [-0.1, -0.05) is 12.1 Å². The molecule has 0 saturated carbocycles. The molecule has 1 saturated heterocycles. The number of aromatic nitrogens is 2.